The molecule has 0 fully saturated rings. The van der Waals surface area contributed by atoms with Crippen LogP contribution >= 0.6 is 0 Å². The third kappa shape index (κ3) is 10.8. The van der Waals surface area contributed by atoms with Gasteiger partial charge in [-0.2, -0.15) is 0 Å². The van der Waals surface area contributed by atoms with Crippen molar-refractivity contribution < 1.29 is 14.6 Å². The van der Waals surface area contributed by atoms with Crippen LogP contribution in [0.15, 0.2) is 78.5 Å². The number of aromatic nitrogens is 1. The summed E-state index contributed by atoms with van der Waals surface area (Å²) in [6, 6.07) is 17.1. The summed E-state index contributed by atoms with van der Waals surface area (Å²) in [4.78, 5) is 12.7. The number of rotatable bonds is 3. The van der Waals surface area contributed by atoms with Gasteiger partial charge in [-0.1, -0.05) is 115 Å². The maximum Gasteiger partial charge on any atom is 0.418 e. The average molecular weight is 601 g/mol. The SMILES string of the molecule is CC.Cc1cc(C(C)(C)C)cc(C(C)(C)C)c1.Cc1ccc(-c2ccn(C(=O)OC(C)(C)C)c2CC2=CCC=C(O)N2)cc1. The smallest absolute Gasteiger partial charge is 0.418 e. The Morgan fingerprint density at radius 1 is 0.818 bits per heavy atom. The number of hydrogen-bond acceptors (Lipinski definition) is 4. The van der Waals surface area contributed by atoms with Crippen molar-refractivity contribution in [1.29, 1.82) is 0 Å². The van der Waals surface area contributed by atoms with Gasteiger partial charge in [0.25, 0.3) is 0 Å². The first-order valence-electron chi connectivity index (χ1n) is 15.8. The minimum Gasteiger partial charge on any atom is -0.495 e. The summed E-state index contributed by atoms with van der Waals surface area (Å²) in [5, 5.41) is 12.7. The lowest BCUT2D eigenvalue weighted by molar-refractivity contribution is 0.0533. The Hall–Kier alpha value is -3.73. The Kier molecular flexibility index (Phi) is 12.3. The monoisotopic (exact) mass is 600 g/mol. The van der Waals surface area contributed by atoms with E-state index < -0.39 is 11.7 Å². The van der Waals surface area contributed by atoms with Crippen molar-refractivity contribution >= 4 is 6.09 Å². The molecule has 0 atom stereocenters. The van der Waals surface area contributed by atoms with Crippen molar-refractivity contribution in [3.8, 4) is 11.1 Å². The van der Waals surface area contributed by atoms with Crippen molar-refractivity contribution in [3.63, 3.8) is 0 Å². The molecule has 0 radical (unpaired) electrons. The lowest BCUT2D eigenvalue weighted by Crippen LogP contribution is -2.28. The Bertz CT molecular complexity index is 1420. The molecule has 0 saturated heterocycles. The van der Waals surface area contributed by atoms with E-state index >= 15 is 0 Å². The van der Waals surface area contributed by atoms with E-state index in [0.29, 0.717) is 12.8 Å². The second-order valence-electron chi connectivity index (χ2n) is 14.3. The van der Waals surface area contributed by atoms with Crippen molar-refractivity contribution in [1.82, 2.24) is 9.88 Å². The van der Waals surface area contributed by atoms with Crippen molar-refractivity contribution in [2.24, 2.45) is 0 Å². The fourth-order valence-electron chi connectivity index (χ4n) is 4.65. The molecular formula is C39H56N2O3. The topological polar surface area (TPSA) is 63.5 Å². The van der Waals surface area contributed by atoms with Crippen molar-refractivity contribution in [2.75, 3.05) is 0 Å². The van der Waals surface area contributed by atoms with E-state index in [9.17, 15) is 9.90 Å². The molecule has 44 heavy (non-hydrogen) atoms. The molecule has 0 unspecified atom stereocenters. The normalized spacial score (nSPS) is 13.3. The van der Waals surface area contributed by atoms with Gasteiger partial charge in [-0.3, -0.25) is 4.57 Å². The quantitative estimate of drug-likeness (QED) is 0.314. The predicted octanol–water partition coefficient (Wildman–Crippen LogP) is 10.7. The fraction of sp³-hybridized carbons (Fsp3) is 0.462. The lowest BCUT2D eigenvalue weighted by Gasteiger charge is -2.25. The summed E-state index contributed by atoms with van der Waals surface area (Å²) in [6.45, 7) is 27.4. The van der Waals surface area contributed by atoms with Crippen LogP contribution in [0.5, 0.6) is 0 Å². The Balaban J connectivity index is 0.000000337. The van der Waals surface area contributed by atoms with Gasteiger partial charge in [0.15, 0.2) is 5.88 Å². The first-order valence-corrected chi connectivity index (χ1v) is 15.8. The van der Waals surface area contributed by atoms with Gasteiger partial charge in [0.1, 0.15) is 5.60 Å². The number of allylic oxidation sites excluding steroid dienone is 3. The van der Waals surface area contributed by atoms with Crippen LogP contribution in [0.3, 0.4) is 0 Å². The van der Waals surface area contributed by atoms with Crippen LogP contribution in [-0.4, -0.2) is 21.4 Å². The Morgan fingerprint density at radius 2 is 1.36 bits per heavy atom. The van der Waals surface area contributed by atoms with Gasteiger partial charge in [-0.05, 0) is 80.7 Å². The zero-order chi connectivity index (χ0) is 33.5. The largest absolute Gasteiger partial charge is 0.495 e. The minimum atomic E-state index is -0.577. The number of nitrogens with one attached hydrogen (secondary N) is 1. The molecule has 0 spiro atoms. The number of dihydropyridines is 1. The molecule has 240 valence electrons. The van der Waals surface area contributed by atoms with E-state index in [-0.39, 0.29) is 16.7 Å². The van der Waals surface area contributed by atoms with Crippen LogP contribution < -0.4 is 5.32 Å². The summed E-state index contributed by atoms with van der Waals surface area (Å²) in [7, 11) is 0. The molecule has 0 bridgehead atoms. The van der Waals surface area contributed by atoms with E-state index in [1.807, 2.05) is 65.8 Å². The number of carbonyl (C=O) groups is 1. The van der Waals surface area contributed by atoms with E-state index in [1.165, 1.54) is 22.3 Å². The van der Waals surface area contributed by atoms with Crippen LogP contribution in [0.25, 0.3) is 11.1 Å². The molecule has 1 aliphatic heterocycles. The van der Waals surface area contributed by atoms with Gasteiger partial charge in [0.05, 0.1) is 0 Å². The van der Waals surface area contributed by atoms with Crippen LogP contribution in [0.1, 0.15) is 111 Å². The van der Waals surface area contributed by atoms with E-state index in [0.717, 1.165) is 22.5 Å². The molecule has 4 rings (SSSR count). The maximum atomic E-state index is 12.7. The molecule has 0 aliphatic carbocycles. The molecule has 2 N–H and O–H groups in total. The van der Waals surface area contributed by atoms with Gasteiger partial charge < -0.3 is 15.2 Å². The average Bonchev–Trinajstić information content (AvgIpc) is 3.32. The molecule has 1 aliphatic rings. The molecular weight excluding hydrogens is 544 g/mol. The van der Waals surface area contributed by atoms with Crippen molar-refractivity contribution in [3.05, 3.63) is 106 Å². The Morgan fingerprint density at radius 3 is 1.84 bits per heavy atom. The molecule has 3 aromatic rings. The highest BCUT2D eigenvalue weighted by atomic mass is 16.6. The third-order valence-electron chi connectivity index (χ3n) is 7.08. The number of carbonyl (C=O) groups excluding carboxylic acids is 1. The molecule has 0 saturated carbocycles. The van der Waals surface area contributed by atoms with Gasteiger partial charge in [0.2, 0.25) is 0 Å². The summed E-state index contributed by atoms with van der Waals surface area (Å²) in [5.74, 6) is 0.139. The fourth-order valence-corrected chi connectivity index (χ4v) is 4.65. The zero-order valence-corrected chi connectivity index (χ0v) is 29.5. The zero-order valence-electron chi connectivity index (χ0n) is 29.5. The van der Waals surface area contributed by atoms with E-state index in [1.54, 1.807) is 16.8 Å². The number of nitrogens with zero attached hydrogens (tertiary/aromatic N) is 1. The first-order chi connectivity index (χ1) is 20.3. The van der Waals surface area contributed by atoms with Gasteiger partial charge in [-0.15, -0.1) is 0 Å². The molecule has 5 nitrogen and oxygen atoms in total. The number of aryl methyl sites for hydroxylation is 2. The molecule has 0 amide bonds. The van der Waals surface area contributed by atoms with Crippen LogP contribution in [0.4, 0.5) is 4.79 Å². The second-order valence-corrected chi connectivity index (χ2v) is 14.3. The van der Waals surface area contributed by atoms with Gasteiger partial charge in [-0.25, -0.2) is 4.79 Å². The highest BCUT2D eigenvalue weighted by Crippen LogP contribution is 2.30. The molecule has 1 aromatic heterocycles. The predicted molar refractivity (Wildman–Crippen MR) is 186 cm³/mol. The summed E-state index contributed by atoms with van der Waals surface area (Å²) in [5.41, 5.74) is 9.01. The highest BCUT2D eigenvalue weighted by molar-refractivity contribution is 5.78. The summed E-state index contributed by atoms with van der Waals surface area (Å²) < 4.78 is 7.12. The second kappa shape index (κ2) is 14.8. The maximum absolute atomic E-state index is 12.7. The van der Waals surface area contributed by atoms with E-state index in [2.05, 4.69) is 84.1 Å². The van der Waals surface area contributed by atoms with Gasteiger partial charge in [0, 0.05) is 29.6 Å². The van der Waals surface area contributed by atoms with Crippen LogP contribution in [0, 0.1) is 13.8 Å². The minimum absolute atomic E-state index is 0.139. The summed E-state index contributed by atoms with van der Waals surface area (Å²) >= 11 is 0. The summed E-state index contributed by atoms with van der Waals surface area (Å²) in [6.07, 6.45) is 6.18. The first kappa shape index (κ1) is 36.5. The molecule has 2 heterocycles. The molecule has 2 aromatic carbocycles. The van der Waals surface area contributed by atoms with Crippen molar-refractivity contribution in [2.45, 2.75) is 119 Å². The lowest BCUT2D eigenvalue weighted by atomic mass is 9.80. The standard InChI is InChI=1S/C22H26N2O3.C15H24.C2H6/c1-15-8-10-16(11-9-15)18-12-13-24(21(26)27-22(2,3)4)19(18)14-17-6-5-7-20(25)23-17;1-11-8-12(14(2,3)4)10-13(9-11)15(5,6)7;1-2/h6-13,23,25H,5,14H2,1-4H3;8-10H,1-7H3;1-2H3. The number of hydrogen-bond donors (Lipinski definition) is 2. The van der Waals surface area contributed by atoms with Crippen LogP contribution in [-0.2, 0) is 22.0 Å². The highest BCUT2D eigenvalue weighted by Gasteiger charge is 2.23. The number of aliphatic hydroxyl groups excluding tert-OH is 1. The third-order valence-corrected chi connectivity index (χ3v) is 7.08. The number of ether oxygens (including phenoxy) is 1. The number of benzene rings is 2. The number of aliphatic hydroxyl groups is 1. The van der Waals surface area contributed by atoms with Crippen LogP contribution in [0.2, 0.25) is 0 Å². The molecule has 5 heteroatoms. The van der Waals surface area contributed by atoms with Gasteiger partial charge >= 0.3 is 6.09 Å². The Labute approximate surface area is 267 Å². The van der Waals surface area contributed by atoms with E-state index in [4.69, 9.17) is 4.74 Å².